The minimum Gasteiger partial charge on any atom is -0.508 e. The van der Waals surface area contributed by atoms with E-state index in [4.69, 9.17) is 0 Å². The van der Waals surface area contributed by atoms with Gasteiger partial charge < -0.3 is 20.4 Å². The van der Waals surface area contributed by atoms with Gasteiger partial charge in [-0.15, -0.1) is 0 Å². The number of phenolic OH excluding ortho intramolecular Hbond substituents is 4. The first kappa shape index (κ1) is 15.2. The Morgan fingerprint density at radius 3 is 2.05 bits per heavy atom. The summed E-state index contributed by atoms with van der Waals surface area (Å²) in [6.45, 7) is 1.67. The Labute approximate surface area is 125 Å². The van der Waals surface area contributed by atoms with Crippen molar-refractivity contribution in [2.24, 2.45) is 5.10 Å². The number of rotatable bonds is 3. The van der Waals surface area contributed by atoms with Crippen LogP contribution in [0.15, 0.2) is 41.5 Å². The van der Waals surface area contributed by atoms with Crippen molar-refractivity contribution >= 4 is 11.6 Å². The molecule has 2 rings (SSSR count). The van der Waals surface area contributed by atoms with E-state index >= 15 is 0 Å². The van der Waals surface area contributed by atoms with Crippen molar-refractivity contribution in [3.8, 4) is 23.0 Å². The zero-order valence-corrected chi connectivity index (χ0v) is 11.6. The van der Waals surface area contributed by atoms with Crippen molar-refractivity contribution in [1.29, 1.82) is 0 Å². The van der Waals surface area contributed by atoms with Crippen LogP contribution in [0.4, 0.5) is 0 Å². The molecule has 2 aromatic rings. The average molecular weight is 302 g/mol. The van der Waals surface area contributed by atoms with Crippen molar-refractivity contribution in [1.82, 2.24) is 5.43 Å². The van der Waals surface area contributed by atoms with Gasteiger partial charge in [0.1, 0.15) is 5.75 Å². The predicted octanol–water partition coefficient (Wildman–Crippen LogP) is 1.66. The van der Waals surface area contributed by atoms with E-state index in [0.717, 1.165) is 12.1 Å². The molecule has 0 saturated carbocycles. The van der Waals surface area contributed by atoms with Crippen LogP contribution in [0.5, 0.6) is 23.0 Å². The lowest BCUT2D eigenvalue weighted by molar-refractivity contribution is 0.0954. The third-order valence-electron chi connectivity index (χ3n) is 2.94. The lowest BCUT2D eigenvalue weighted by Crippen LogP contribution is -2.19. The first-order valence-corrected chi connectivity index (χ1v) is 6.27. The quantitative estimate of drug-likeness (QED) is 0.335. The molecule has 0 bridgehead atoms. The fourth-order valence-corrected chi connectivity index (χ4v) is 1.70. The minimum atomic E-state index is -0.694. The monoisotopic (exact) mass is 302 g/mol. The molecule has 0 radical (unpaired) electrons. The van der Waals surface area contributed by atoms with E-state index < -0.39 is 23.2 Å². The molecule has 0 saturated heterocycles. The number of hydrogen-bond acceptors (Lipinski definition) is 6. The third kappa shape index (κ3) is 3.26. The summed E-state index contributed by atoms with van der Waals surface area (Å²) in [7, 11) is 0. The van der Waals surface area contributed by atoms with E-state index in [1.165, 1.54) is 12.1 Å². The largest absolute Gasteiger partial charge is 0.508 e. The summed E-state index contributed by atoms with van der Waals surface area (Å²) < 4.78 is 0. The number of benzene rings is 2. The summed E-state index contributed by atoms with van der Waals surface area (Å²) in [5.41, 5.74) is 3.41. The van der Waals surface area contributed by atoms with E-state index in [0.29, 0.717) is 11.3 Å². The summed E-state index contributed by atoms with van der Waals surface area (Å²) in [5.74, 6) is -2.45. The van der Waals surface area contributed by atoms with Gasteiger partial charge in [0.05, 0.1) is 5.71 Å². The summed E-state index contributed by atoms with van der Waals surface area (Å²) in [5, 5.41) is 41.0. The molecule has 114 valence electrons. The van der Waals surface area contributed by atoms with Crippen molar-refractivity contribution in [2.45, 2.75) is 6.92 Å². The van der Waals surface area contributed by atoms with E-state index in [9.17, 15) is 25.2 Å². The van der Waals surface area contributed by atoms with E-state index in [1.54, 1.807) is 19.1 Å². The molecule has 22 heavy (non-hydrogen) atoms. The second-order valence-corrected chi connectivity index (χ2v) is 4.55. The molecule has 0 fully saturated rings. The molecule has 0 aliphatic rings. The van der Waals surface area contributed by atoms with Gasteiger partial charge in [-0.3, -0.25) is 4.79 Å². The van der Waals surface area contributed by atoms with Crippen LogP contribution in [0.25, 0.3) is 0 Å². The number of amides is 1. The molecule has 0 aliphatic heterocycles. The van der Waals surface area contributed by atoms with Crippen molar-refractivity contribution in [3.05, 3.63) is 47.5 Å². The first-order chi connectivity index (χ1) is 10.4. The maximum Gasteiger partial charge on any atom is 0.271 e. The molecule has 0 aromatic heterocycles. The van der Waals surface area contributed by atoms with Crippen molar-refractivity contribution in [3.63, 3.8) is 0 Å². The van der Waals surface area contributed by atoms with Crippen LogP contribution in [0, 0.1) is 0 Å². The molecule has 0 atom stereocenters. The number of carbonyl (C=O) groups excluding carboxylic acids is 1. The Morgan fingerprint density at radius 2 is 1.50 bits per heavy atom. The third-order valence-corrected chi connectivity index (χ3v) is 2.94. The maximum atomic E-state index is 11.9. The standard InChI is InChI=1S/C15H14N2O5/c1-8(9-2-4-11(18)5-3-9)16-17-15(22)10-6-12(19)14(21)13(20)7-10/h2-7,18-21H,1H3,(H,17,22)/b16-8+. The zero-order chi connectivity index (χ0) is 16.3. The van der Waals surface area contributed by atoms with Gasteiger partial charge in [0, 0.05) is 5.56 Å². The Hall–Kier alpha value is -3.22. The highest BCUT2D eigenvalue weighted by molar-refractivity contribution is 6.01. The Balaban J connectivity index is 2.15. The molecule has 0 aliphatic carbocycles. The molecule has 1 amide bonds. The molecule has 0 spiro atoms. The number of aromatic hydroxyl groups is 4. The van der Waals surface area contributed by atoms with Crippen LogP contribution in [0.1, 0.15) is 22.8 Å². The summed E-state index contributed by atoms with van der Waals surface area (Å²) in [6.07, 6.45) is 0. The van der Waals surface area contributed by atoms with Gasteiger partial charge in [-0.2, -0.15) is 5.10 Å². The number of hydrazone groups is 1. The predicted molar refractivity (Wildman–Crippen MR) is 79.2 cm³/mol. The molecule has 0 heterocycles. The van der Waals surface area contributed by atoms with Crippen LogP contribution in [-0.4, -0.2) is 32.0 Å². The fraction of sp³-hybridized carbons (Fsp3) is 0.0667. The van der Waals surface area contributed by atoms with Gasteiger partial charge in [0.25, 0.3) is 5.91 Å². The highest BCUT2D eigenvalue weighted by Crippen LogP contribution is 2.35. The normalized spacial score (nSPS) is 11.2. The van der Waals surface area contributed by atoms with Crippen LogP contribution >= 0.6 is 0 Å². The highest BCUT2D eigenvalue weighted by atomic mass is 16.3. The highest BCUT2D eigenvalue weighted by Gasteiger charge is 2.13. The Kier molecular flexibility index (Phi) is 4.17. The van der Waals surface area contributed by atoms with Crippen LogP contribution in [0.2, 0.25) is 0 Å². The molecule has 0 unspecified atom stereocenters. The molecule has 2 aromatic carbocycles. The SMILES string of the molecule is C/C(=N\NC(=O)c1cc(O)c(O)c(O)c1)c1ccc(O)cc1. The van der Waals surface area contributed by atoms with E-state index in [2.05, 4.69) is 10.5 Å². The lowest BCUT2D eigenvalue weighted by Gasteiger charge is -2.06. The van der Waals surface area contributed by atoms with E-state index in [1.807, 2.05) is 0 Å². The second kappa shape index (κ2) is 6.04. The second-order valence-electron chi connectivity index (χ2n) is 4.55. The minimum absolute atomic E-state index is 0.0601. The van der Waals surface area contributed by atoms with Crippen molar-refractivity contribution < 1.29 is 25.2 Å². The smallest absolute Gasteiger partial charge is 0.271 e. The van der Waals surface area contributed by atoms with Gasteiger partial charge in [0.15, 0.2) is 17.2 Å². The number of nitrogens with zero attached hydrogens (tertiary/aromatic N) is 1. The topological polar surface area (TPSA) is 122 Å². The summed E-state index contributed by atoms with van der Waals surface area (Å²) >= 11 is 0. The maximum absolute atomic E-state index is 11.9. The number of phenols is 4. The number of nitrogens with one attached hydrogen (secondary N) is 1. The Bertz CT molecular complexity index is 715. The summed E-state index contributed by atoms with van der Waals surface area (Å²) in [4.78, 5) is 11.9. The van der Waals surface area contributed by atoms with Gasteiger partial charge in [-0.25, -0.2) is 5.43 Å². The fourth-order valence-electron chi connectivity index (χ4n) is 1.70. The van der Waals surface area contributed by atoms with Gasteiger partial charge in [0.2, 0.25) is 0 Å². The summed E-state index contributed by atoms with van der Waals surface area (Å²) in [6, 6.07) is 8.28. The Morgan fingerprint density at radius 1 is 0.955 bits per heavy atom. The average Bonchev–Trinajstić information content (AvgIpc) is 2.50. The van der Waals surface area contributed by atoms with Crippen LogP contribution in [0.3, 0.4) is 0 Å². The zero-order valence-electron chi connectivity index (χ0n) is 11.6. The molecular formula is C15H14N2O5. The molecular weight excluding hydrogens is 288 g/mol. The van der Waals surface area contributed by atoms with E-state index in [-0.39, 0.29) is 11.3 Å². The first-order valence-electron chi connectivity index (χ1n) is 6.27. The molecule has 7 nitrogen and oxygen atoms in total. The molecule has 5 N–H and O–H groups in total. The lowest BCUT2D eigenvalue weighted by atomic mass is 10.1. The van der Waals surface area contributed by atoms with Crippen LogP contribution in [-0.2, 0) is 0 Å². The van der Waals surface area contributed by atoms with Gasteiger partial charge in [-0.1, -0.05) is 0 Å². The van der Waals surface area contributed by atoms with Crippen LogP contribution < -0.4 is 5.43 Å². The van der Waals surface area contributed by atoms with Gasteiger partial charge in [-0.05, 0) is 48.9 Å². The molecule has 7 heteroatoms. The van der Waals surface area contributed by atoms with Gasteiger partial charge >= 0.3 is 0 Å². The van der Waals surface area contributed by atoms with Crippen molar-refractivity contribution in [2.75, 3.05) is 0 Å². The number of carbonyl (C=O) groups is 1. The number of hydrogen-bond donors (Lipinski definition) is 5.